The van der Waals surface area contributed by atoms with Gasteiger partial charge < -0.3 is 5.32 Å². The summed E-state index contributed by atoms with van der Waals surface area (Å²) in [7, 11) is 0. The van der Waals surface area contributed by atoms with Crippen LogP contribution in [0.4, 0.5) is 10.1 Å². The first-order valence-electron chi connectivity index (χ1n) is 5.78. The van der Waals surface area contributed by atoms with Gasteiger partial charge in [-0.3, -0.25) is 0 Å². The number of aryl methyl sites for hydroxylation is 1. The van der Waals surface area contributed by atoms with Gasteiger partial charge in [-0.05, 0) is 36.8 Å². The van der Waals surface area contributed by atoms with E-state index >= 15 is 0 Å². The minimum Gasteiger partial charge on any atom is -0.380 e. The number of rotatable bonds is 3. The first kappa shape index (κ1) is 13.4. The molecule has 2 nitrogen and oxygen atoms in total. The Bertz CT molecular complexity index is 647. The Labute approximate surface area is 116 Å². The molecule has 2 rings (SSSR count). The second-order valence-corrected chi connectivity index (χ2v) is 4.66. The molecule has 0 unspecified atom stereocenters. The van der Waals surface area contributed by atoms with Crippen molar-refractivity contribution in [2.24, 2.45) is 0 Å². The Morgan fingerprint density at radius 1 is 1.26 bits per heavy atom. The summed E-state index contributed by atoms with van der Waals surface area (Å²) in [6, 6.07) is 12.0. The van der Waals surface area contributed by atoms with Gasteiger partial charge in [0.2, 0.25) is 0 Å². The van der Waals surface area contributed by atoms with E-state index in [-0.39, 0.29) is 0 Å². The van der Waals surface area contributed by atoms with Crippen molar-refractivity contribution in [3.05, 3.63) is 63.9 Å². The van der Waals surface area contributed by atoms with Crippen molar-refractivity contribution in [3.8, 4) is 6.07 Å². The monoisotopic (exact) mass is 274 g/mol. The zero-order valence-electron chi connectivity index (χ0n) is 10.4. The van der Waals surface area contributed by atoms with Crippen LogP contribution < -0.4 is 5.32 Å². The fourth-order valence-corrected chi connectivity index (χ4v) is 1.91. The molecule has 19 heavy (non-hydrogen) atoms. The van der Waals surface area contributed by atoms with E-state index in [1.54, 1.807) is 18.2 Å². The van der Waals surface area contributed by atoms with Gasteiger partial charge >= 0.3 is 0 Å². The van der Waals surface area contributed by atoms with E-state index in [0.29, 0.717) is 22.7 Å². The van der Waals surface area contributed by atoms with Crippen molar-refractivity contribution < 1.29 is 4.39 Å². The van der Waals surface area contributed by atoms with E-state index in [0.717, 1.165) is 11.3 Å². The predicted molar refractivity (Wildman–Crippen MR) is 74.6 cm³/mol. The summed E-state index contributed by atoms with van der Waals surface area (Å²) in [4.78, 5) is 0. The molecule has 0 spiro atoms. The molecule has 0 radical (unpaired) electrons. The van der Waals surface area contributed by atoms with Crippen LogP contribution in [0.1, 0.15) is 16.7 Å². The minimum atomic E-state index is -0.393. The van der Waals surface area contributed by atoms with Crippen LogP contribution in [0.5, 0.6) is 0 Å². The fourth-order valence-electron chi connectivity index (χ4n) is 1.73. The summed E-state index contributed by atoms with van der Waals surface area (Å²) in [6.07, 6.45) is 0. The summed E-state index contributed by atoms with van der Waals surface area (Å²) in [5.74, 6) is -0.393. The SMILES string of the molecule is Cc1ccc(Cl)c(NCc2ccc(C#N)cc2F)c1. The number of halogens is 2. The van der Waals surface area contributed by atoms with E-state index in [2.05, 4.69) is 5.32 Å². The molecule has 2 aromatic rings. The normalized spacial score (nSPS) is 10.0. The number of hydrogen-bond acceptors (Lipinski definition) is 2. The highest BCUT2D eigenvalue weighted by molar-refractivity contribution is 6.33. The van der Waals surface area contributed by atoms with Gasteiger partial charge in [0, 0.05) is 12.1 Å². The summed E-state index contributed by atoms with van der Waals surface area (Å²) in [5.41, 5.74) is 2.66. The number of nitrogens with zero attached hydrogens (tertiary/aromatic N) is 1. The summed E-state index contributed by atoms with van der Waals surface area (Å²) < 4.78 is 13.7. The van der Waals surface area contributed by atoms with Crippen molar-refractivity contribution in [1.29, 1.82) is 5.26 Å². The maximum absolute atomic E-state index is 13.7. The maximum atomic E-state index is 13.7. The van der Waals surface area contributed by atoms with Crippen molar-refractivity contribution in [3.63, 3.8) is 0 Å². The van der Waals surface area contributed by atoms with Gasteiger partial charge in [-0.25, -0.2) is 4.39 Å². The molecular formula is C15H12ClFN2. The Balaban J connectivity index is 2.15. The standard InChI is InChI=1S/C15H12ClFN2/c1-10-2-5-13(16)15(6-10)19-9-12-4-3-11(8-18)7-14(12)17/h2-7,19H,9H2,1H3. The third kappa shape index (κ3) is 3.24. The van der Waals surface area contributed by atoms with E-state index in [9.17, 15) is 4.39 Å². The van der Waals surface area contributed by atoms with Crippen LogP contribution in [0.3, 0.4) is 0 Å². The summed E-state index contributed by atoms with van der Waals surface area (Å²) in [5, 5.41) is 12.4. The molecule has 2 aromatic carbocycles. The van der Waals surface area contributed by atoms with Gasteiger partial charge in [0.15, 0.2) is 0 Å². The zero-order chi connectivity index (χ0) is 13.8. The highest BCUT2D eigenvalue weighted by atomic mass is 35.5. The van der Waals surface area contributed by atoms with Crippen LogP contribution in [0.25, 0.3) is 0 Å². The van der Waals surface area contributed by atoms with Crippen LogP contribution >= 0.6 is 11.6 Å². The molecule has 4 heteroatoms. The second kappa shape index (κ2) is 5.73. The van der Waals surface area contributed by atoms with Gasteiger partial charge in [-0.15, -0.1) is 0 Å². The molecule has 0 amide bonds. The first-order valence-corrected chi connectivity index (χ1v) is 6.16. The molecule has 0 saturated heterocycles. The van der Waals surface area contributed by atoms with Crippen LogP contribution in [0.15, 0.2) is 36.4 Å². The van der Waals surface area contributed by atoms with Gasteiger partial charge in [-0.2, -0.15) is 5.26 Å². The average molecular weight is 275 g/mol. The lowest BCUT2D eigenvalue weighted by atomic mass is 10.1. The van der Waals surface area contributed by atoms with Gasteiger partial charge in [0.25, 0.3) is 0 Å². The van der Waals surface area contributed by atoms with Gasteiger partial charge in [0.05, 0.1) is 22.3 Å². The Kier molecular flexibility index (Phi) is 4.03. The molecule has 0 aliphatic heterocycles. The minimum absolute atomic E-state index is 0.315. The average Bonchev–Trinajstić information content (AvgIpc) is 2.40. The molecule has 0 aromatic heterocycles. The van der Waals surface area contributed by atoms with Crippen LogP contribution in [0, 0.1) is 24.1 Å². The molecule has 0 aliphatic carbocycles. The van der Waals surface area contributed by atoms with Crippen molar-refractivity contribution in [2.75, 3.05) is 5.32 Å². The van der Waals surface area contributed by atoms with Crippen molar-refractivity contribution in [1.82, 2.24) is 0 Å². The summed E-state index contributed by atoms with van der Waals surface area (Å²) in [6.45, 7) is 2.28. The van der Waals surface area contributed by atoms with Gasteiger partial charge in [0.1, 0.15) is 5.82 Å². The molecule has 0 bridgehead atoms. The highest BCUT2D eigenvalue weighted by Gasteiger charge is 2.05. The Morgan fingerprint density at radius 3 is 2.74 bits per heavy atom. The maximum Gasteiger partial charge on any atom is 0.129 e. The predicted octanol–water partition coefficient (Wildman–Crippen LogP) is 4.27. The largest absolute Gasteiger partial charge is 0.380 e. The first-order chi connectivity index (χ1) is 9.10. The smallest absolute Gasteiger partial charge is 0.129 e. The number of hydrogen-bond donors (Lipinski definition) is 1. The molecule has 1 N–H and O–H groups in total. The fraction of sp³-hybridized carbons (Fsp3) is 0.133. The lowest BCUT2D eigenvalue weighted by molar-refractivity contribution is 0.612. The van der Waals surface area contributed by atoms with Crippen LogP contribution in [-0.2, 0) is 6.54 Å². The van der Waals surface area contributed by atoms with Crippen molar-refractivity contribution in [2.45, 2.75) is 13.5 Å². The lowest BCUT2D eigenvalue weighted by Crippen LogP contribution is -2.02. The number of nitrogens with one attached hydrogen (secondary N) is 1. The molecule has 96 valence electrons. The number of nitriles is 1. The topological polar surface area (TPSA) is 35.8 Å². The number of anilines is 1. The zero-order valence-corrected chi connectivity index (χ0v) is 11.1. The van der Waals surface area contributed by atoms with E-state index in [4.69, 9.17) is 16.9 Å². The summed E-state index contributed by atoms with van der Waals surface area (Å²) >= 11 is 6.05. The quantitative estimate of drug-likeness (QED) is 0.907. The van der Waals surface area contributed by atoms with E-state index < -0.39 is 5.82 Å². The molecule has 0 aliphatic rings. The third-order valence-electron chi connectivity index (χ3n) is 2.77. The third-order valence-corrected chi connectivity index (χ3v) is 3.10. The lowest BCUT2D eigenvalue weighted by Gasteiger charge is -2.10. The molecule has 0 saturated carbocycles. The second-order valence-electron chi connectivity index (χ2n) is 4.25. The Morgan fingerprint density at radius 2 is 2.05 bits per heavy atom. The van der Waals surface area contributed by atoms with E-state index in [1.165, 1.54) is 6.07 Å². The van der Waals surface area contributed by atoms with Crippen LogP contribution in [-0.4, -0.2) is 0 Å². The highest BCUT2D eigenvalue weighted by Crippen LogP contribution is 2.23. The molecule has 0 fully saturated rings. The Hall–Kier alpha value is -2.05. The van der Waals surface area contributed by atoms with Crippen LogP contribution in [0.2, 0.25) is 5.02 Å². The molecular weight excluding hydrogens is 263 g/mol. The van der Waals surface area contributed by atoms with Gasteiger partial charge in [-0.1, -0.05) is 23.7 Å². The molecule has 0 heterocycles. The number of benzene rings is 2. The van der Waals surface area contributed by atoms with Crippen molar-refractivity contribution >= 4 is 17.3 Å². The van der Waals surface area contributed by atoms with E-state index in [1.807, 2.05) is 25.1 Å². The molecule has 0 atom stereocenters.